The van der Waals surface area contributed by atoms with Gasteiger partial charge in [0.25, 0.3) is 11.1 Å². The Morgan fingerprint density at radius 3 is 2.61 bits per heavy atom. The Balaban J connectivity index is 1.79. The van der Waals surface area contributed by atoms with E-state index in [2.05, 4.69) is 21.9 Å². The summed E-state index contributed by atoms with van der Waals surface area (Å²) in [4.78, 5) is 26.6. The van der Waals surface area contributed by atoms with Gasteiger partial charge in [0, 0.05) is 4.47 Å². The number of halogens is 1. The van der Waals surface area contributed by atoms with Gasteiger partial charge >= 0.3 is 0 Å². The molecule has 5 nitrogen and oxygen atoms in total. The van der Waals surface area contributed by atoms with Crippen molar-refractivity contribution in [1.82, 2.24) is 4.90 Å². The summed E-state index contributed by atoms with van der Waals surface area (Å²) >= 11 is 4.29. The monoisotopic (exact) mass is 457 g/mol. The van der Waals surface area contributed by atoms with Crippen LogP contribution in [0.3, 0.4) is 0 Å². The highest BCUT2D eigenvalue weighted by Crippen LogP contribution is 2.35. The lowest BCUT2D eigenvalue weighted by atomic mass is 10.1. The number of carbonyl (C=O) groups excluding carboxylic acids is 2. The summed E-state index contributed by atoms with van der Waals surface area (Å²) in [5, 5.41) is -0.292. The number of nitrogens with zero attached hydrogens (tertiary/aromatic N) is 1. The summed E-state index contributed by atoms with van der Waals surface area (Å²) in [5.41, 5.74) is 1.60. The van der Waals surface area contributed by atoms with E-state index in [4.69, 9.17) is 15.9 Å². The fourth-order valence-corrected chi connectivity index (χ4v) is 3.68. The molecule has 0 spiro atoms. The number of amides is 2. The van der Waals surface area contributed by atoms with Gasteiger partial charge in [0.05, 0.1) is 18.6 Å². The van der Waals surface area contributed by atoms with Crippen molar-refractivity contribution in [2.45, 2.75) is 6.54 Å². The Hall–Kier alpha value is -2.69. The number of hydrogen-bond donors (Lipinski definition) is 0. The maximum Gasteiger partial charge on any atom is 0.293 e. The first-order valence-corrected chi connectivity index (χ1v) is 9.87. The minimum atomic E-state index is -0.315. The minimum Gasteiger partial charge on any atom is -0.493 e. The van der Waals surface area contributed by atoms with Crippen molar-refractivity contribution in [3.05, 3.63) is 63.0 Å². The highest BCUT2D eigenvalue weighted by atomic mass is 79.9. The van der Waals surface area contributed by atoms with Crippen LogP contribution in [-0.2, 0) is 11.3 Å². The quantitative estimate of drug-likeness (QED) is 0.464. The van der Waals surface area contributed by atoms with E-state index in [1.807, 2.05) is 24.3 Å². The van der Waals surface area contributed by atoms with Crippen molar-refractivity contribution in [2.75, 3.05) is 13.7 Å². The number of hydrogen-bond acceptors (Lipinski definition) is 5. The van der Waals surface area contributed by atoms with E-state index in [0.29, 0.717) is 16.4 Å². The Labute approximate surface area is 175 Å². The molecule has 2 aromatic carbocycles. The van der Waals surface area contributed by atoms with Gasteiger partial charge in [-0.1, -0.05) is 40.0 Å². The molecule has 1 aliphatic rings. The highest BCUT2D eigenvalue weighted by molar-refractivity contribution is 9.10. The van der Waals surface area contributed by atoms with Gasteiger partial charge in [0.2, 0.25) is 0 Å². The zero-order valence-electron chi connectivity index (χ0n) is 15.0. The zero-order valence-corrected chi connectivity index (χ0v) is 17.4. The molecule has 0 aromatic heterocycles. The average molecular weight is 458 g/mol. The molecule has 7 heteroatoms. The summed E-state index contributed by atoms with van der Waals surface area (Å²) < 4.78 is 11.7. The zero-order chi connectivity index (χ0) is 20.1. The van der Waals surface area contributed by atoms with Crippen molar-refractivity contribution in [2.24, 2.45) is 0 Å². The summed E-state index contributed by atoms with van der Waals surface area (Å²) in [7, 11) is 1.52. The van der Waals surface area contributed by atoms with Crippen molar-refractivity contribution in [3.8, 4) is 23.8 Å². The molecule has 1 saturated heterocycles. The number of benzene rings is 2. The van der Waals surface area contributed by atoms with Crippen LogP contribution < -0.4 is 9.47 Å². The lowest BCUT2D eigenvalue weighted by Gasteiger charge is -2.12. The molecule has 0 radical (unpaired) electrons. The largest absolute Gasteiger partial charge is 0.493 e. The van der Waals surface area contributed by atoms with Crippen LogP contribution in [0.25, 0.3) is 6.08 Å². The lowest BCUT2D eigenvalue weighted by Crippen LogP contribution is -2.27. The molecule has 1 heterocycles. The maximum atomic E-state index is 12.7. The predicted molar refractivity (Wildman–Crippen MR) is 113 cm³/mol. The van der Waals surface area contributed by atoms with Gasteiger partial charge in [-0.25, -0.2) is 0 Å². The van der Waals surface area contributed by atoms with Gasteiger partial charge < -0.3 is 9.47 Å². The molecule has 142 valence electrons. The number of rotatable bonds is 6. The molecule has 3 rings (SSSR count). The Bertz CT molecular complexity index is 979. The van der Waals surface area contributed by atoms with E-state index < -0.39 is 0 Å². The van der Waals surface area contributed by atoms with Crippen LogP contribution >= 0.6 is 27.7 Å². The normalized spacial score (nSPS) is 15.0. The molecule has 0 bridgehead atoms. The first-order chi connectivity index (χ1) is 13.5. The van der Waals surface area contributed by atoms with E-state index in [1.54, 1.807) is 24.3 Å². The topological polar surface area (TPSA) is 55.8 Å². The van der Waals surface area contributed by atoms with Gasteiger partial charge in [-0.3, -0.25) is 14.5 Å². The lowest BCUT2D eigenvalue weighted by molar-refractivity contribution is -0.123. The number of carbonyl (C=O) groups is 2. The van der Waals surface area contributed by atoms with E-state index >= 15 is 0 Å². The summed E-state index contributed by atoms with van der Waals surface area (Å²) in [6.07, 6.45) is 6.87. The van der Waals surface area contributed by atoms with Crippen molar-refractivity contribution < 1.29 is 19.1 Å². The van der Waals surface area contributed by atoms with Gasteiger partial charge in [0.1, 0.15) is 6.61 Å². The number of methoxy groups -OCH3 is 1. The smallest absolute Gasteiger partial charge is 0.293 e. The molecular formula is C21H16BrNO4S. The Kier molecular flexibility index (Phi) is 6.45. The number of imide groups is 1. The van der Waals surface area contributed by atoms with Crippen LogP contribution in [0, 0.1) is 12.3 Å². The minimum absolute atomic E-state index is 0.130. The Morgan fingerprint density at radius 1 is 1.18 bits per heavy atom. The highest BCUT2D eigenvalue weighted by Gasteiger charge is 2.35. The fourth-order valence-electron chi connectivity index (χ4n) is 2.57. The molecule has 1 fully saturated rings. The van der Waals surface area contributed by atoms with Gasteiger partial charge in [0.15, 0.2) is 11.5 Å². The molecule has 28 heavy (non-hydrogen) atoms. The fraction of sp³-hybridized carbons (Fsp3) is 0.143. The molecule has 2 aromatic rings. The summed E-state index contributed by atoms with van der Waals surface area (Å²) in [5.74, 6) is 3.09. The molecule has 1 aliphatic heterocycles. The SMILES string of the molecule is C#CCOc1ccc(/C=C2\SC(=O)N(Cc3ccc(Br)cc3)C2=O)cc1OC. The molecule has 0 atom stereocenters. The van der Waals surface area contributed by atoms with E-state index in [-0.39, 0.29) is 24.3 Å². The van der Waals surface area contributed by atoms with Gasteiger partial charge in [-0.15, -0.1) is 6.42 Å². The van der Waals surface area contributed by atoms with Gasteiger partial charge in [-0.2, -0.15) is 0 Å². The molecule has 0 saturated carbocycles. The first-order valence-electron chi connectivity index (χ1n) is 8.26. The van der Waals surface area contributed by atoms with Crippen LogP contribution in [0.2, 0.25) is 0 Å². The second-order valence-electron chi connectivity index (χ2n) is 5.80. The number of thioether (sulfide) groups is 1. The van der Waals surface area contributed by atoms with Crippen LogP contribution in [0.5, 0.6) is 11.5 Å². The summed E-state index contributed by atoms with van der Waals surface area (Å²) in [6, 6.07) is 12.7. The standard InChI is InChI=1S/C21H16BrNO4S/c1-3-10-27-17-9-6-15(11-18(17)26-2)12-19-20(24)23(21(25)28-19)13-14-4-7-16(22)8-5-14/h1,4-9,11-12H,10,13H2,2H3/b19-12-. The van der Waals surface area contributed by atoms with Crippen LogP contribution in [0.1, 0.15) is 11.1 Å². The number of ether oxygens (including phenoxy) is 2. The van der Waals surface area contributed by atoms with E-state index in [9.17, 15) is 9.59 Å². The van der Waals surface area contributed by atoms with Gasteiger partial charge in [-0.05, 0) is 53.2 Å². The third-order valence-electron chi connectivity index (χ3n) is 3.92. The first kappa shape index (κ1) is 20.1. The van der Waals surface area contributed by atoms with Crippen molar-refractivity contribution in [1.29, 1.82) is 0 Å². The van der Waals surface area contributed by atoms with Crippen molar-refractivity contribution in [3.63, 3.8) is 0 Å². The molecule has 0 aliphatic carbocycles. The van der Waals surface area contributed by atoms with Crippen LogP contribution in [0.4, 0.5) is 4.79 Å². The third-order valence-corrected chi connectivity index (χ3v) is 5.36. The Morgan fingerprint density at radius 2 is 1.93 bits per heavy atom. The summed E-state index contributed by atoms with van der Waals surface area (Å²) in [6.45, 7) is 0.363. The molecule has 0 N–H and O–H groups in total. The second kappa shape index (κ2) is 9.00. The molecular weight excluding hydrogens is 442 g/mol. The van der Waals surface area contributed by atoms with Crippen molar-refractivity contribution >= 4 is 44.9 Å². The predicted octanol–water partition coefficient (Wildman–Crippen LogP) is 4.71. The molecule has 2 amide bonds. The molecule has 0 unspecified atom stereocenters. The second-order valence-corrected chi connectivity index (χ2v) is 7.71. The third kappa shape index (κ3) is 4.58. The van der Waals surface area contributed by atoms with Crippen LogP contribution in [0.15, 0.2) is 51.8 Å². The maximum absolute atomic E-state index is 12.7. The van der Waals surface area contributed by atoms with E-state index in [0.717, 1.165) is 27.4 Å². The van der Waals surface area contributed by atoms with Crippen LogP contribution in [-0.4, -0.2) is 29.8 Å². The van der Waals surface area contributed by atoms with E-state index in [1.165, 1.54) is 12.0 Å². The number of terminal acetylenes is 1. The average Bonchev–Trinajstić information content (AvgIpc) is 2.95.